The molecular formula is C36H52N2O3. The maximum atomic E-state index is 13.8. The van der Waals surface area contributed by atoms with E-state index in [0.29, 0.717) is 29.7 Å². The van der Waals surface area contributed by atoms with Gasteiger partial charge in [-0.15, -0.1) is 0 Å². The Labute approximate surface area is 247 Å². The second-order valence-corrected chi connectivity index (χ2v) is 16.3. The third kappa shape index (κ3) is 3.85. The monoisotopic (exact) mass is 560 g/mol. The molecule has 6 rings (SSSR count). The minimum Gasteiger partial charge on any atom is -0.393 e. The summed E-state index contributed by atoms with van der Waals surface area (Å²) in [6.07, 6.45) is 10.2. The summed E-state index contributed by atoms with van der Waals surface area (Å²) in [5.74, 6) is 1.67. The number of aromatic nitrogens is 1. The highest BCUT2D eigenvalue weighted by atomic mass is 16.3. The van der Waals surface area contributed by atoms with Crippen molar-refractivity contribution < 1.29 is 14.7 Å². The van der Waals surface area contributed by atoms with Crippen molar-refractivity contribution in [2.75, 3.05) is 0 Å². The molecule has 1 heterocycles. The van der Waals surface area contributed by atoms with Crippen molar-refractivity contribution in [2.45, 2.75) is 125 Å². The number of nitrogens with one attached hydrogen (secondary N) is 1. The van der Waals surface area contributed by atoms with E-state index in [4.69, 9.17) is 0 Å². The summed E-state index contributed by atoms with van der Waals surface area (Å²) in [4.78, 5) is 31.8. The van der Waals surface area contributed by atoms with Gasteiger partial charge in [0, 0.05) is 18.3 Å². The van der Waals surface area contributed by atoms with Crippen LogP contribution in [0.15, 0.2) is 29.5 Å². The van der Waals surface area contributed by atoms with Gasteiger partial charge in [0.15, 0.2) is 5.78 Å². The number of rotatable bonds is 3. The molecule has 1 amide bonds. The Bertz CT molecular complexity index is 1300. The van der Waals surface area contributed by atoms with Gasteiger partial charge >= 0.3 is 0 Å². The maximum absolute atomic E-state index is 13.8. The smallest absolute Gasteiger partial charge is 0.253 e. The van der Waals surface area contributed by atoms with E-state index in [2.05, 4.69) is 58.8 Å². The number of hydrogen-bond acceptors (Lipinski definition) is 4. The molecule has 224 valence electrons. The van der Waals surface area contributed by atoms with Crippen LogP contribution in [0.2, 0.25) is 0 Å². The lowest BCUT2D eigenvalue weighted by molar-refractivity contribution is -0.226. The van der Waals surface area contributed by atoms with Gasteiger partial charge in [0.1, 0.15) is 0 Å². The zero-order chi connectivity index (χ0) is 29.8. The molecule has 4 fully saturated rings. The quantitative estimate of drug-likeness (QED) is 0.409. The second-order valence-electron chi connectivity index (χ2n) is 16.3. The van der Waals surface area contributed by atoms with E-state index in [9.17, 15) is 14.7 Å². The summed E-state index contributed by atoms with van der Waals surface area (Å²) < 4.78 is 0. The van der Waals surface area contributed by atoms with Gasteiger partial charge in [-0.2, -0.15) is 0 Å². The Hall–Kier alpha value is -2.01. The Morgan fingerprint density at radius 3 is 2.34 bits per heavy atom. The highest BCUT2D eigenvalue weighted by Crippen LogP contribution is 2.75. The van der Waals surface area contributed by atoms with E-state index in [0.717, 1.165) is 56.2 Å². The molecule has 2 N–H and O–H groups in total. The van der Waals surface area contributed by atoms with Gasteiger partial charge in [-0.05, 0) is 127 Å². The first-order valence-corrected chi connectivity index (χ1v) is 16.3. The minimum atomic E-state index is -0.593. The molecule has 7 unspecified atom stereocenters. The lowest BCUT2D eigenvalue weighted by atomic mass is 9.33. The number of pyridine rings is 1. The van der Waals surface area contributed by atoms with Crippen molar-refractivity contribution in [2.24, 2.45) is 45.3 Å². The lowest BCUT2D eigenvalue weighted by Gasteiger charge is -2.72. The SMILES string of the molecule is Cc1ccc(C(=O)NC23CC[C@]4(C)C(CCC5C6(C)CCC(O)C(C)(C)C6CCC54C)C2=C(C(C)C)C(=O)C3)cn1. The number of aliphatic hydroxyl groups is 1. The second kappa shape index (κ2) is 9.24. The molecule has 1 aromatic rings. The fourth-order valence-electron chi connectivity index (χ4n) is 11.6. The number of aliphatic hydroxyl groups excluding tert-OH is 1. The molecule has 5 nitrogen and oxygen atoms in total. The lowest BCUT2D eigenvalue weighted by Crippen LogP contribution is -2.67. The fraction of sp³-hybridized carbons (Fsp3) is 0.750. The summed E-state index contributed by atoms with van der Waals surface area (Å²) in [5, 5.41) is 14.5. The van der Waals surface area contributed by atoms with E-state index in [1.165, 1.54) is 12.0 Å². The van der Waals surface area contributed by atoms with E-state index < -0.39 is 5.54 Å². The van der Waals surface area contributed by atoms with E-state index in [1.807, 2.05) is 19.1 Å². The van der Waals surface area contributed by atoms with E-state index in [1.54, 1.807) is 6.20 Å². The number of hydrogen-bond donors (Lipinski definition) is 2. The molecule has 5 aliphatic rings. The largest absolute Gasteiger partial charge is 0.393 e. The Morgan fingerprint density at radius 2 is 1.68 bits per heavy atom. The van der Waals surface area contributed by atoms with Gasteiger partial charge in [-0.25, -0.2) is 0 Å². The van der Waals surface area contributed by atoms with Crippen LogP contribution in [0.5, 0.6) is 0 Å². The summed E-state index contributed by atoms with van der Waals surface area (Å²) in [6, 6.07) is 3.73. The van der Waals surface area contributed by atoms with Crippen LogP contribution in [-0.4, -0.2) is 33.4 Å². The molecule has 0 spiro atoms. The zero-order valence-electron chi connectivity index (χ0n) is 26.7. The molecule has 0 radical (unpaired) electrons. The summed E-state index contributed by atoms with van der Waals surface area (Å²) >= 11 is 0. The van der Waals surface area contributed by atoms with Crippen LogP contribution in [0.3, 0.4) is 0 Å². The predicted octanol–water partition coefficient (Wildman–Crippen LogP) is 7.21. The van der Waals surface area contributed by atoms with Crippen LogP contribution in [0.4, 0.5) is 0 Å². The molecule has 0 bridgehead atoms. The number of carbonyl (C=O) groups excluding carboxylic acids is 2. The summed E-state index contributed by atoms with van der Waals surface area (Å²) in [6.45, 7) is 18.5. The predicted molar refractivity (Wildman–Crippen MR) is 162 cm³/mol. The summed E-state index contributed by atoms with van der Waals surface area (Å²) in [7, 11) is 0. The average Bonchev–Trinajstić information content (AvgIpc) is 3.19. The van der Waals surface area contributed by atoms with Crippen molar-refractivity contribution in [3.05, 3.63) is 40.7 Å². The number of fused-ring (bicyclic) bond motifs is 7. The molecule has 0 aromatic carbocycles. The van der Waals surface area contributed by atoms with Gasteiger partial charge in [-0.3, -0.25) is 14.6 Å². The van der Waals surface area contributed by atoms with E-state index >= 15 is 0 Å². The highest BCUT2D eigenvalue weighted by Gasteiger charge is 2.70. The van der Waals surface area contributed by atoms with Crippen LogP contribution >= 0.6 is 0 Å². The van der Waals surface area contributed by atoms with Crippen molar-refractivity contribution >= 4 is 11.7 Å². The molecule has 0 saturated heterocycles. The van der Waals surface area contributed by atoms with Gasteiger partial charge < -0.3 is 10.4 Å². The van der Waals surface area contributed by atoms with Crippen molar-refractivity contribution in [3.8, 4) is 0 Å². The number of allylic oxidation sites excluding steroid dienone is 1. The molecule has 5 heteroatoms. The zero-order valence-corrected chi connectivity index (χ0v) is 26.7. The van der Waals surface area contributed by atoms with Crippen LogP contribution in [0, 0.1) is 52.3 Å². The highest BCUT2D eigenvalue weighted by molar-refractivity contribution is 6.03. The van der Waals surface area contributed by atoms with Crippen LogP contribution in [0.25, 0.3) is 0 Å². The standard InChI is InChI=1S/C36H52N2O3/c1-21(2)29-25(39)19-36(38-31(41)23-10-9-22(3)37-20-23)18-17-34(7)24(30(29)36)11-12-27-33(6)15-14-28(40)32(4,5)26(33)13-16-35(27,34)8/h9-10,20-21,24,26-28,40H,11-19H2,1-8H3,(H,38,41)/t24?,26?,27?,28?,33?,34-,35?,36?/m1/s1. The van der Waals surface area contributed by atoms with Gasteiger partial charge in [-0.1, -0.05) is 48.5 Å². The van der Waals surface area contributed by atoms with Crippen molar-refractivity contribution in [1.29, 1.82) is 0 Å². The Balaban J connectivity index is 1.40. The molecule has 41 heavy (non-hydrogen) atoms. The molecule has 8 atom stereocenters. The molecular weight excluding hydrogens is 508 g/mol. The van der Waals surface area contributed by atoms with Crippen LogP contribution < -0.4 is 5.32 Å². The first kappa shape index (κ1) is 29.1. The number of aryl methyl sites for hydroxylation is 1. The van der Waals surface area contributed by atoms with Gasteiger partial charge in [0.2, 0.25) is 0 Å². The van der Waals surface area contributed by atoms with Gasteiger partial charge in [0.05, 0.1) is 17.2 Å². The number of carbonyl (C=O) groups is 2. The van der Waals surface area contributed by atoms with E-state index in [-0.39, 0.29) is 45.4 Å². The normalized spacial score (nSPS) is 43.2. The molecule has 0 aliphatic heterocycles. The number of amides is 1. The van der Waals surface area contributed by atoms with Crippen LogP contribution in [-0.2, 0) is 4.79 Å². The number of ketones is 1. The molecule has 4 saturated carbocycles. The Kier molecular flexibility index (Phi) is 6.56. The van der Waals surface area contributed by atoms with Crippen molar-refractivity contribution in [1.82, 2.24) is 10.3 Å². The Morgan fingerprint density at radius 1 is 0.951 bits per heavy atom. The molecule has 5 aliphatic carbocycles. The third-order valence-corrected chi connectivity index (χ3v) is 13.9. The fourth-order valence-corrected chi connectivity index (χ4v) is 11.6. The first-order chi connectivity index (χ1) is 19.1. The molecule has 1 aromatic heterocycles. The van der Waals surface area contributed by atoms with Gasteiger partial charge in [0.25, 0.3) is 5.91 Å². The number of nitrogens with zero attached hydrogens (tertiary/aromatic N) is 1. The minimum absolute atomic E-state index is 0.0594. The first-order valence-electron chi connectivity index (χ1n) is 16.3. The number of Topliss-reactive ketones (excluding diaryl/α,β-unsaturated/α-hetero) is 1. The summed E-state index contributed by atoms with van der Waals surface area (Å²) in [5.41, 5.74) is 3.48. The van der Waals surface area contributed by atoms with Crippen LogP contribution in [0.1, 0.15) is 122 Å². The maximum Gasteiger partial charge on any atom is 0.253 e. The van der Waals surface area contributed by atoms with Crippen molar-refractivity contribution in [3.63, 3.8) is 0 Å². The topological polar surface area (TPSA) is 79.3 Å². The average molecular weight is 561 g/mol. The third-order valence-electron chi connectivity index (χ3n) is 13.9.